The number of benzene rings is 1. The molecule has 1 saturated heterocycles. The van der Waals surface area contributed by atoms with Gasteiger partial charge < -0.3 is 10.1 Å². The molecule has 1 fully saturated rings. The van der Waals surface area contributed by atoms with Gasteiger partial charge in [-0.05, 0) is 36.8 Å². The fourth-order valence-corrected chi connectivity index (χ4v) is 2.81. The van der Waals surface area contributed by atoms with E-state index in [1.807, 2.05) is 49.4 Å². The van der Waals surface area contributed by atoms with Crippen molar-refractivity contribution in [3.8, 4) is 5.75 Å². The number of rotatable bonds is 6. The van der Waals surface area contributed by atoms with Crippen molar-refractivity contribution in [1.82, 2.24) is 15.6 Å². The van der Waals surface area contributed by atoms with E-state index in [4.69, 9.17) is 4.74 Å². The lowest BCUT2D eigenvalue weighted by molar-refractivity contribution is -0.124. The number of halogens is 4. The number of hydrogen-bond donors (Lipinski definition) is 2. The first-order valence-corrected chi connectivity index (χ1v) is 8.47. The summed E-state index contributed by atoms with van der Waals surface area (Å²) in [6, 6.07) is 11.7. The molecule has 2 unspecified atom stereocenters. The normalized spacial score (nSPS) is 18.3. The van der Waals surface area contributed by atoms with Crippen LogP contribution in [0.15, 0.2) is 48.7 Å². The number of nitrogens with zero attached hydrogens (tertiary/aromatic N) is 1. The van der Waals surface area contributed by atoms with Gasteiger partial charge in [-0.25, -0.2) is 8.78 Å². The molecule has 3 rings (SSSR count). The van der Waals surface area contributed by atoms with E-state index in [1.165, 1.54) is 0 Å². The standard InChI is InChI=1S/C19H21F2N3O2.2ClH/c1-13(24-18(25)17-10-19(20,21)12-23-17)14-5-4-7-16(9-14)26-11-15-6-2-3-8-22-15;;/h2-9,13,17,23H,10-12H2,1H3,(H,24,25);2*1H. The van der Waals surface area contributed by atoms with Crippen LogP contribution in [0.4, 0.5) is 8.78 Å². The van der Waals surface area contributed by atoms with Crippen LogP contribution in [0, 0.1) is 0 Å². The average Bonchev–Trinajstić information content (AvgIpc) is 3.01. The molecule has 1 aromatic heterocycles. The second-order valence-electron chi connectivity index (χ2n) is 6.41. The Balaban J connectivity index is 0.00000196. The van der Waals surface area contributed by atoms with Crippen LogP contribution in [-0.2, 0) is 11.4 Å². The van der Waals surface area contributed by atoms with Crippen molar-refractivity contribution in [1.29, 1.82) is 0 Å². The molecule has 0 radical (unpaired) electrons. The highest BCUT2D eigenvalue weighted by Gasteiger charge is 2.42. The Labute approximate surface area is 175 Å². The molecule has 5 nitrogen and oxygen atoms in total. The van der Waals surface area contributed by atoms with Crippen molar-refractivity contribution in [2.45, 2.75) is 38.0 Å². The maximum absolute atomic E-state index is 13.2. The number of carbonyl (C=O) groups excluding carboxylic acids is 1. The number of alkyl halides is 2. The van der Waals surface area contributed by atoms with E-state index < -0.39 is 30.8 Å². The Hall–Kier alpha value is -1.96. The Morgan fingerprint density at radius 2 is 2.11 bits per heavy atom. The number of aromatic nitrogens is 1. The molecule has 2 heterocycles. The summed E-state index contributed by atoms with van der Waals surface area (Å²) in [5, 5.41) is 5.33. The largest absolute Gasteiger partial charge is 0.487 e. The Morgan fingerprint density at radius 1 is 1.32 bits per heavy atom. The maximum Gasteiger partial charge on any atom is 0.262 e. The lowest BCUT2D eigenvalue weighted by Crippen LogP contribution is -2.41. The monoisotopic (exact) mass is 433 g/mol. The minimum Gasteiger partial charge on any atom is -0.487 e. The van der Waals surface area contributed by atoms with Gasteiger partial charge in [0.2, 0.25) is 5.91 Å². The van der Waals surface area contributed by atoms with E-state index >= 15 is 0 Å². The second kappa shape index (κ2) is 10.5. The van der Waals surface area contributed by atoms with Gasteiger partial charge in [0.1, 0.15) is 12.4 Å². The molecule has 2 N–H and O–H groups in total. The maximum atomic E-state index is 13.2. The number of hydrogen-bond acceptors (Lipinski definition) is 4. The molecule has 2 atom stereocenters. The van der Waals surface area contributed by atoms with Gasteiger partial charge in [0.15, 0.2) is 0 Å². The number of ether oxygens (including phenoxy) is 1. The van der Waals surface area contributed by atoms with Crippen molar-refractivity contribution in [3.05, 3.63) is 59.9 Å². The van der Waals surface area contributed by atoms with Crippen LogP contribution < -0.4 is 15.4 Å². The van der Waals surface area contributed by atoms with E-state index in [1.54, 1.807) is 6.20 Å². The van der Waals surface area contributed by atoms with Crippen molar-refractivity contribution in [2.75, 3.05) is 6.54 Å². The third kappa shape index (κ3) is 6.58. The van der Waals surface area contributed by atoms with Crippen molar-refractivity contribution in [2.24, 2.45) is 0 Å². The minimum absolute atomic E-state index is 0. The predicted octanol–water partition coefficient (Wildman–Crippen LogP) is 3.68. The first kappa shape index (κ1) is 24.1. The summed E-state index contributed by atoms with van der Waals surface area (Å²) in [4.78, 5) is 16.4. The quantitative estimate of drug-likeness (QED) is 0.729. The SMILES string of the molecule is CC(NC(=O)C1CC(F)(F)CN1)c1cccc(OCc2ccccn2)c1.Cl.Cl. The summed E-state index contributed by atoms with van der Waals surface area (Å²) < 4.78 is 32.2. The molecule has 154 valence electrons. The van der Waals surface area contributed by atoms with Gasteiger partial charge in [0, 0.05) is 12.6 Å². The van der Waals surface area contributed by atoms with Crippen molar-refractivity contribution in [3.63, 3.8) is 0 Å². The van der Waals surface area contributed by atoms with Crippen molar-refractivity contribution < 1.29 is 18.3 Å². The highest BCUT2D eigenvalue weighted by atomic mass is 35.5. The summed E-state index contributed by atoms with van der Waals surface area (Å²) in [6.07, 6.45) is 1.23. The van der Waals surface area contributed by atoms with Crippen LogP contribution >= 0.6 is 24.8 Å². The smallest absolute Gasteiger partial charge is 0.262 e. The van der Waals surface area contributed by atoms with Crippen LogP contribution in [-0.4, -0.2) is 29.4 Å². The van der Waals surface area contributed by atoms with Crippen LogP contribution in [0.2, 0.25) is 0 Å². The molecule has 1 aromatic carbocycles. The topological polar surface area (TPSA) is 63.2 Å². The predicted molar refractivity (Wildman–Crippen MR) is 107 cm³/mol. The van der Waals surface area contributed by atoms with Gasteiger partial charge in [-0.3, -0.25) is 15.1 Å². The fraction of sp³-hybridized carbons (Fsp3) is 0.368. The zero-order chi connectivity index (χ0) is 18.6. The van der Waals surface area contributed by atoms with E-state index in [-0.39, 0.29) is 30.9 Å². The number of amides is 1. The highest BCUT2D eigenvalue weighted by molar-refractivity contribution is 5.85. The lowest BCUT2D eigenvalue weighted by atomic mass is 10.1. The number of carbonyl (C=O) groups is 1. The molecule has 0 spiro atoms. The average molecular weight is 434 g/mol. The molecule has 1 amide bonds. The molecular formula is C19H23Cl2F2N3O2. The number of pyridine rings is 1. The molecule has 0 aliphatic carbocycles. The zero-order valence-electron chi connectivity index (χ0n) is 15.2. The highest BCUT2D eigenvalue weighted by Crippen LogP contribution is 2.26. The molecule has 1 aliphatic rings. The van der Waals surface area contributed by atoms with Crippen LogP contribution in [0.25, 0.3) is 0 Å². The third-order valence-corrected chi connectivity index (χ3v) is 4.26. The molecule has 2 aromatic rings. The van der Waals surface area contributed by atoms with Gasteiger partial charge in [0.25, 0.3) is 5.92 Å². The van der Waals surface area contributed by atoms with Crippen LogP contribution in [0.1, 0.15) is 30.6 Å². The first-order chi connectivity index (χ1) is 12.4. The van der Waals surface area contributed by atoms with E-state index in [0.717, 1.165) is 11.3 Å². The molecule has 0 saturated carbocycles. The minimum atomic E-state index is -2.83. The Kier molecular flexibility index (Phi) is 9.07. The number of nitrogens with one attached hydrogen (secondary N) is 2. The summed E-state index contributed by atoms with van der Waals surface area (Å²) in [5.41, 5.74) is 1.65. The molecule has 9 heteroatoms. The van der Waals surface area contributed by atoms with Crippen LogP contribution in [0.3, 0.4) is 0 Å². The molecular weight excluding hydrogens is 411 g/mol. The van der Waals surface area contributed by atoms with Crippen molar-refractivity contribution >= 4 is 30.7 Å². The summed E-state index contributed by atoms with van der Waals surface area (Å²) in [6.45, 7) is 1.69. The van der Waals surface area contributed by atoms with Gasteiger partial charge in [-0.15, -0.1) is 24.8 Å². The van der Waals surface area contributed by atoms with Crippen LogP contribution in [0.5, 0.6) is 5.75 Å². The molecule has 28 heavy (non-hydrogen) atoms. The first-order valence-electron chi connectivity index (χ1n) is 8.47. The van der Waals surface area contributed by atoms with Gasteiger partial charge in [-0.1, -0.05) is 18.2 Å². The third-order valence-electron chi connectivity index (χ3n) is 4.26. The molecule has 1 aliphatic heterocycles. The van der Waals surface area contributed by atoms with E-state index in [2.05, 4.69) is 15.6 Å². The lowest BCUT2D eigenvalue weighted by Gasteiger charge is -2.18. The summed E-state index contributed by atoms with van der Waals surface area (Å²) in [7, 11) is 0. The Bertz CT molecular complexity index is 766. The van der Waals surface area contributed by atoms with Gasteiger partial charge >= 0.3 is 0 Å². The molecule has 0 bridgehead atoms. The van der Waals surface area contributed by atoms with E-state index in [9.17, 15) is 13.6 Å². The van der Waals surface area contributed by atoms with E-state index in [0.29, 0.717) is 12.4 Å². The summed E-state index contributed by atoms with van der Waals surface area (Å²) >= 11 is 0. The fourth-order valence-electron chi connectivity index (χ4n) is 2.81. The second-order valence-corrected chi connectivity index (χ2v) is 6.41. The Morgan fingerprint density at radius 3 is 2.75 bits per heavy atom. The zero-order valence-corrected chi connectivity index (χ0v) is 16.9. The van der Waals surface area contributed by atoms with Gasteiger partial charge in [-0.2, -0.15) is 0 Å². The summed E-state index contributed by atoms with van der Waals surface area (Å²) in [5.74, 6) is -2.60. The van der Waals surface area contributed by atoms with Gasteiger partial charge in [0.05, 0.1) is 24.3 Å².